The smallest absolute Gasteiger partial charge is 0.237 e. The molecule has 2 unspecified atom stereocenters. The molecular formula is C18H22N4O. The Kier molecular flexibility index (Phi) is 3.65. The molecule has 1 fully saturated rings. The van der Waals surface area contributed by atoms with Crippen LogP contribution < -0.4 is 11.1 Å². The normalized spacial score (nSPS) is 21.5. The molecule has 2 atom stereocenters. The molecule has 2 heterocycles. The van der Waals surface area contributed by atoms with Crippen LogP contribution in [0.4, 0.5) is 0 Å². The molecule has 23 heavy (non-hydrogen) atoms. The van der Waals surface area contributed by atoms with Gasteiger partial charge in [-0.25, -0.2) is 4.98 Å². The highest BCUT2D eigenvalue weighted by Gasteiger charge is 2.34. The number of amides is 1. The first kappa shape index (κ1) is 14.5. The lowest BCUT2D eigenvalue weighted by atomic mass is 10.1. The molecule has 5 heteroatoms. The molecule has 1 aromatic heterocycles. The summed E-state index contributed by atoms with van der Waals surface area (Å²) in [5.41, 5.74) is 8.12. The number of fused-ring (bicyclic) bond motifs is 1. The summed E-state index contributed by atoms with van der Waals surface area (Å²) < 4.78 is 2.17. The predicted molar refractivity (Wildman–Crippen MR) is 88.6 cm³/mol. The minimum absolute atomic E-state index is 0.00403. The van der Waals surface area contributed by atoms with Crippen molar-refractivity contribution in [2.45, 2.75) is 44.3 Å². The molecule has 0 radical (unpaired) electrons. The molecule has 0 saturated heterocycles. The Morgan fingerprint density at radius 2 is 2.04 bits per heavy atom. The van der Waals surface area contributed by atoms with Crippen molar-refractivity contribution in [3.63, 3.8) is 0 Å². The molecule has 4 rings (SSSR count). The molecule has 1 aromatic carbocycles. The number of carbonyl (C=O) groups excluding carboxylic acids is 1. The quantitative estimate of drug-likeness (QED) is 0.903. The van der Waals surface area contributed by atoms with Gasteiger partial charge in [-0.3, -0.25) is 4.79 Å². The monoisotopic (exact) mass is 310 g/mol. The molecule has 1 saturated carbocycles. The summed E-state index contributed by atoms with van der Waals surface area (Å²) in [6, 6.07) is 10.0. The van der Waals surface area contributed by atoms with Gasteiger partial charge in [-0.2, -0.15) is 0 Å². The van der Waals surface area contributed by atoms with Gasteiger partial charge in [-0.1, -0.05) is 30.3 Å². The summed E-state index contributed by atoms with van der Waals surface area (Å²) in [5.74, 6) is 1.50. The molecule has 1 amide bonds. The van der Waals surface area contributed by atoms with E-state index in [4.69, 9.17) is 10.7 Å². The number of nitrogens with zero attached hydrogens (tertiary/aromatic N) is 2. The molecular weight excluding hydrogens is 288 g/mol. The predicted octanol–water partition coefficient (Wildman–Crippen LogP) is 1.72. The van der Waals surface area contributed by atoms with Crippen LogP contribution in [0.15, 0.2) is 36.5 Å². The first-order chi connectivity index (χ1) is 11.2. The van der Waals surface area contributed by atoms with E-state index in [1.165, 1.54) is 0 Å². The van der Waals surface area contributed by atoms with Gasteiger partial charge < -0.3 is 15.6 Å². The van der Waals surface area contributed by atoms with Crippen LogP contribution in [0.2, 0.25) is 0 Å². The van der Waals surface area contributed by atoms with Crippen molar-refractivity contribution >= 4 is 5.91 Å². The molecule has 0 bridgehead atoms. The molecule has 120 valence electrons. The number of benzene rings is 1. The Bertz CT molecular complexity index is 705. The lowest BCUT2D eigenvalue weighted by Gasteiger charge is -2.26. The minimum atomic E-state index is -0.334. The lowest BCUT2D eigenvalue weighted by molar-refractivity contribution is -0.123. The zero-order valence-electron chi connectivity index (χ0n) is 13.1. The Labute approximate surface area is 135 Å². The minimum Gasteiger partial charge on any atom is -0.350 e. The third kappa shape index (κ3) is 3.01. The summed E-state index contributed by atoms with van der Waals surface area (Å²) >= 11 is 0. The lowest BCUT2D eigenvalue weighted by Crippen LogP contribution is -2.49. The Morgan fingerprint density at radius 1 is 1.26 bits per heavy atom. The van der Waals surface area contributed by atoms with Gasteiger partial charge in [0, 0.05) is 30.8 Å². The van der Waals surface area contributed by atoms with E-state index >= 15 is 0 Å². The first-order valence-corrected chi connectivity index (χ1v) is 8.38. The second-order valence-corrected chi connectivity index (χ2v) is 6.67. The van der Waals surface area contributed by atoms with Crippen LogP contribution in [0.5, 0.6) is 0 Å². The molecule has 5 nitrogen and oxygen atoms in total. The zero-order chi connectivity index (χ0) is 15.8. The van der Waals surface area contributed by atoms with Crippen LogP contribution in [0.1, 0.15) is 25.1 Å². The van der Waals surface area contributed by atoms with Crippen LogP contribution in [-0.4, -0.2) is 27.5 Å². The van der Waals surface area contributed by atoms with Gasteiger partial charge in [0.05, 0.1) is 11.7 Å². The highest BCUT2D eigenvalue weighted by Crippen LogP contribution is 2.31. The summed E-state index contributed by atoms with van der Waals surface area (Å²) in [4.78, 5) is 16.9. The number of imidazole rings is 1. The third-order valence-electron chi connectivity index (χ3n) is 4.84. The van der Waals surface area contributed by atoms with Gasteiger partial charge in [0.2, 0.25) is 5.91 Å². The van der Waals surface area contributed by atoms with E-state index < -0.39 is 0 Å². The highest BCUT2D eigenvalue weighted by atomic mass is 16.2. The molecule has 2 aliphatic rings. The number of aryl methyl sites for hydroxylation is 1. The number of nitrogens with two attached hydrogens (primary N) is 1. The number of hydrogen-bond acceptors (Lipinski definition) is 3. The topological polar surface area (TPSA) is 72.9 Å². The fourth-order valence-electron chi connectivity index (χ4n) is 3.28. The van der Waals surface area contributed by atoms with Gasteiger partial charge in [0.1, 0.15) is 5.82 Å². The van der Waals surface area contributed by atoms with Crippen molar-refractivity contribution in [1.82, 2.24) is 14.9 Å². The van der Waals surface area contributed by atoms with Gasteiger partial charge in [0.15, 0.2) is 0 Å². The number of carbonyl (C=O) groups is 1. The SMILES string of the molecule is NC(C(=O)NC1CCc2nc(-c3ccccc3)cn2C1)C1CC1. The number of aromatic nitrogens is 2. The molecule has 1 aliphatic heterocycles. The van der Waals surface area contributed by atoms with Crippen LogP contribution in [-0.2, 0) is 17.8 Å². The summed E-state index contributed by atoms with van der Waals surface area (Å²) in [5, 5.41) is 3.12. The van der Waals surface area contributed by atoms with E-state index in [9.17, 15) is 4.79 Å². The molecule has 0 spiro atoms. The number of nitrogens with one attached hydrogen (secondary N) is 1. The van der Waals surface area contributed by atoms with Crippen molar-refractivity contribution in [3.8, 4) is 11.3 Å². The Hall–Kier alpha value is -2.14. The number of rotatable bonds is 4. The summed E-state index contributed by atoms with van der Waals surface area (Å²) in [7, 11) is 0. The second-order valence-electron chi connectivity index (χ2n) is 6.67. The van der Waals surface area contributed by atoms with Crippen LogP contribution in [0.25, 0.3) is 11.3 Å². The van der Waals surface area contributed by atoms with Gasteiger partial charge in [0.25, 0.3) is 0 Å². The van der Waals surface area contributed by atoms with Crippen molar-refractivity contribution < 1.29 is 4.79 Å². The molecule has 2 aromatic rings. The van der Waals surface area contributed by atoms with Crippen molar-refractivity contribution in [1.29, 1.82) is 0 Å². The van der Waals surface area contributed by atoms with E-state index in [1.54, 1.807) is 0 Å². The van der Waals surface area contributed by atoms with Crippen molar-refractivity contribution in [2.75, 3.05) is 0 Å². The van der Waals surface area contributed by atoms with E-state index in [-0.39, 0.29) is 18.0 Å². The second kappa shape index (κ2) is 5.81. The van der Waals surface area contributed by atoms with Gasteiger partial charge >= 0.3 is 0 Å². The van der Waals surface area contributed by atoms with Crippen LogP contribution in [0.3, 0.4) is 0 Å². The van der Waals surface area contributed by atoms with Crippen LogP contribution >= 0.6 is 0 Å². The first-order valence-electron chi connectivity index (χ1n) is 8.38. The third-order valence-corrected chi connectivity index (χ3v) is 4.84. The van der Waals surface area contributed by atoms with Gasteiger partial charge in [-0.15, -0.1) is 0 Å². The molecule has 3 N–H and O–H groups in total. The summed E-state index contributed by atoms with van der Waals surface area (Å²) in [6.07, 6.45) is 6.07. The maximum Gasteiger partial charge on any atom is 0.237 e. The highest BCUT2D eigenvalue weighted by molar-refractivity contribution is 5.82. The zero-order valence-corrected chi connectivity index (χ0v) is 13.1. The maximum atomic E-state index is 12.2. The molecule has 1 aliphatic carbocycles. The average Bonchev–Trinajstić information content (AvgIpc) is 3.34. The maximum absolute atomic E-state index is 12.2. The van der Waals surface area contributed by atoms with E-state index in [2.05, 4.69) is 28.2 Å². The van der Waals surface area contributed by atoms with E-state index in [0.29, 0.717) is 5.92 Å². The largest absolute Gasteiger partial charge is 0.350 e. The van der Waals surface area contributed by atoms with Gasteiger partial charge in [-0.05, 0) is 25.2 Å². The van der Waals surface area contributed by atoms with Crippen molar-refractivity contribution in [2.24, 2.45) is 11.7 Å². The fraction of sp³-hybridized carbons (Fsp3) is 0.444. The van der Waals surface area contributed by atoms with Crippen molar-refractivity contribution in [3.05, 3.63) is 42.4 Å². The van der Waals surface area contributed by atoms with E-state index in [0.717, 1.165) is 49.3 Å². The van der Waals surface area contributed by atoms with Crippen LogP contribution in [0, 0.1) is 5.92 Å². The van der Waals surface area contributed by atoms with E-state index in [1.807, 2.05) is 18.2 Å². The summed E-state index contributed by atoms with van der Waals surface area (Å²) in [6.45, 7) is 0.776. The average molecular weight is 310 g/mol. The number of hydrogen-bond donors (Lipinski definition) is 2. The Balaban J connectivity index is 1.45. The Morgan fingerprint density at radius 3 is 2.78 bits per heavy atom. The standard InChI is InChI=1S/C18H22N4O/c19-17(13-6-7-13)18(23)20-14-8-9-16-21-15(11-22(16)10-14)12-4-2-1-3-5-12/h1-5,11,13-14,17H,6-10,19H2,(H,20,23). The fourth-order valence-corrected chi connectivity index (χ4v) is 3.28.